The van der Waals surface area contributed by atoms with Crippen LogP contribution in [0.1, 0.15) is 38.5 Å². The summed E-state index contributed by atoms with van der Waals surface area (Å²) >= 11 is 1.91. The summed E-state index contributed by atoms with van der Waals surface area (Å²) in [7, 11) is 0. The summed E-state index contributed by atoms with van der Waals surface area (Å²) in [4.78, 5) is 35.6. The Kier molecular flexibility index (Phi) is 11.4. The second-order valence-electron chi connectivity index (χ2n) is 10.2. The van der Waals surface area contributed by atoms with E-state index in [4.69, 9.17) is 14.2 Å². The topological polar surface area (TPSA) is 127 Å². The zero-order chi connectivity index (χ0) is 25.9. The van der Waals surface area contributed by atoms with E-state index in [1.165, 1.54) is 0 Å². The molecule has 0 aromatic heterocycles. The largest absolute Gasteiger partial charge is 0.377 e. The van der Waals surface area contributed by atoms with E-state index in [2.05, 4.69) is 33.4 Å². The van der Waals surface area contributed by atoms with Gasteiger partial charge >= 0.3 is 6.03 Å². The van der Waals surface area contributed by atoms with Gasteiger partial charge in [-0.1, -0.05) is 18.6 Å². The monoisotopic (exact) mass is 538 g/mol. The van der Waals surface area contributed by atoms with Crippen molar-refractivity contribution in [2.45, 2.75) is 55.9 Å². The molecule has 4 rings (SSSR count). The fourth-order valence-electron chi connectivity index (χ4n) is 5.63. The Labute approximate surface area is 223 Å². The predicted octanol–water partition coefficient (Wildman–Crippen LogP) is 1.21. The molecule has 2 heterocycles. The van der Waals surface area contributed by atoms with Crippen LogP contribution >= 0.6 is 11.8 Å². The fourth-order valence-corrected chi connectivity index (χ4v) is 7.17. The maximum absolute atomic E-state index is 12.2. The average molecular weight is 539 g/mol. The van der Waals surface area contributed by atoms with Gasteiger partial charge in [0.25, 0.3) is 0 Å². The van der Waals surface area contributed by atoms with Crippen LogP contribution in [0.25, 0.3) is 0 Å². The zero-order valence-electron chi connectivity index (χ0n) is 21.6. The van der Waals surface area contributed by atoms with Gasteiger partial charge in [-0.2, -0.15) is 11.8 Å². The van der Waals surface area contributed by atoms with E-state index >= 15 is 0 Å². The number of amides is 4. The first-order valence-electron chi connectivity index (χ1n) is 13.7. The number of carbonyl (C=O) groups is 3. The lowest BCUT2D eigenvalue weighted by atomic mass is 9.93. The summed E-state index contributed by atoms with van der Waals surface area (Å²) < 4.78 is 16.5. The van der Waals surface area contributed by atoms with Crippen molar-refractivity contribution in [3.63, 3.8) is 0 Å². The van der Waals surface area contributed by atoms with E-state index in [-0.39, 0.29) is 35.8 Å². The molecule has 11 heteroatoms. The third kappa shape index (κ3) is 8.87. The Bertz CT molecular complexity index is 799. The molecule has 0 aromatic carbocycles. The van der Waals surface area contributed by atoms with Crippen LogP contribution in [-0.4, -0.2) is 93.7 Å². The summed E-state index contributed by atoms with van der Waals surface area (Å²) in [5.41, 5.74) is 0. The van der Waals surface area contributed by atoms with E-state index in [0.717, 1.165) is 37.9 Å². The van der Waals surface area contributed by atoms with Gasteiger partial charge in [-0.15, -0.1) is 0 Å². The van der Waals surface area contributed by atoms with Crippen LogP contribution in [0.2, 0.25) is 0 Å². The van der Waals surface area contributed by atoms with Crippen molar-refractivity contribution in [3.05, 3.63) is 12.2 Å². The fraction of sp³-hybridized carbons (Fsp3) is 0.808. The first-order valence-corrected chi connectivity index (χ1v) is 14.8. The van der Waals surface area contributed by atoms with Crippen molar-refractivity contribution in [3.8, 4) is 0 Å². The molecule has 0 aromatic rings. The number of hydrogen-bond acceptors (Lipinski definition) is 7. The third-order valence-electron chi connectivity index (χ3n) is 7.55. The van der Waals surface area contributed by atoms with Crippen molar-refractivity contribution in [1.82, 2.24) is 21.3 Å². The van der Waals surface area contributed by atoms with Crippen LogP contribution in [0.4, 0.5) is 4.79 Å². The van der Waals surface area contributed by atoms with Crippen LogP contribution < -0.4 is 21.3 Å². The van der Waals surface area contributed by atoms with E-state index in [1.807, 2.05) is 11.8 Å². The van der Waals surface area contributed by atoms with Crippen molar-refractivity contribution >= 4 is 29.6 Å². The predicted molar refractivity (Wildman–Crippen MR) is 141 cm³/mol. The SMILES string of the molecule is O=C(CCCC[C@@H]1SC[C@@H]2NC(=O)N[C@@H]21)NCCOCCOCCOCCNC(=O)C1CC2C=CC1C2. The van der Waals surface area contributed by atoms with Gasteiger partial charge in [0.05, 0.1) is 51.7 Å². The highest BCUT2D eigenvalue weighted by Gasteiger charge is 2.42. The second-order valence-corrected chi connectivity index (χ2v) is 11.5. The smallest absolute Gasteiger partial charge is 0.315 e. The number of ether oxygens (including phenoxy) is 3. The maximum atomic E-state index is 12.2. The summed E-state index contributed by atoms with van der Waals surface area (Å²) in [6, 6.07) is 0.428. The number of hydrogen-bond donors (Lipinski definition) is 4. The lowest BCUT2D eigenvalue weighted by molar-refractivity contribution is -0.126. The molecule has 2 aliphatic heterocycles. The average Bonchev–Trinajstić information content (AvgIpc) is 3.67. The van der Waals surface area contributed by atoms with Gasteiger partial charge in [0.1, 0.15) is 0 Å². The van der Waals surface area contributed by atoms with Crippen molar-refractivity contribution < 1.29 is 28.6 Å². The normalized spacial score (nSPS) is 29.2. The van der Waals surface area contributed by atoms with Crippen LogP contribution in [0, 0.1) is 17.8 Å². The number of nitrogens with one attached hydrogen (secondary N) is 4. The van der Waals surface area contributed by atoms with Crippen molar-refractivity contribution in [2.75, 3.05) is 58.5 Å². The standard InChI is InChI=1S/C26H42N4O6S/c31-23(4-2-1-3-22-24-21(17-37-22)29-26(33)30-24)27-7-9-34-11-13-36-14-12-35-10-8-28-25(32)20-16-18-5-6-19(20)15-18/h5-6,18-22,24H,1-4,7-17H2,(H,27,31)(H,28,32)(H2,29,30,33)/t18?,19?,20?,21-,22-,24-/m0/s1. The zero-order valence-corrected chi connectivity index (χ0v) is 22.4. The van der Waals surface area contributed by atoms with Gasteiger partial charge in [-0.05, 0) is 37.5 Å². The minimum absolute atomic E-state index is 0.0493. The van der Waals surface area contributed by atoms with Crippen molar-refractivity contribution in [2.24, 2.45) is 17.8 Å². The van der Waals surface area contributed by atoms with E-state index in [1.54, 1.807) is 0 Å². The third-order valence-corrected chi connectivity index (χ3v) is 9.06. The van der Waals surface area contributed by atoms with Crippen molar-refractivity contribution in [1.29, 1.82) is 0 Å². The van der Waals surface area contributed by atoms with Gasteiger partial charge in [-0.25, -0.2) is 4.79 Å². The minimum Gasteiger partial charge on any atom is -0.377 e. The van der Waals surface area contributed by atoms with Gasteiger partial charge in [0.2, 0.25) is 11.8 Å². The Hall–Kier alpha value is -1.82. The van der Waals surface area contributed by atoms with Gasteiger partial charge in [0.15, 0.2) is 0 Å². The Morgan fingerprint density at radius 2 is 1.65 bits per heavy atom. The summed E-state index contributed by atoms with van der Waals surface area (Å²) in [5.74, 6) is 2.34. The highest BCUT2D eigenvalue weighted by Crippen LogP contribution is 2.43. The Balaban J connectivity index is 0.863. The quantitative estimate of drug-likeness (QED) is 0.117. The highest BCUT2D eigenvalue weighted by molar-refractivity contribution is 8.00. The molecule has 4 N–H and O–H groups in total. The maximum Gasteiger partial charge on any atom is 0.315 e. The molecule has 37 heavy (non-hydrogen) atoms. The highest BCUT2D eigenvalue weighted by atomic mass is 32.2. The van der Waals surface area contributed by atoms with Crippen LogP contribution in [0.5, 0.6) is 0 Å². The number of rotatable bonds is 18. The summed E-state index contributed by atoms with van der Waals surface area (Å²) in [6.07, 6.45) is 9.92. The number of allylic oxidation sites excluding steroid dienone is 2. The molecule has 4 aliphatic rings. The number of fused-ring (bicyclic) bond motifs is 3. The molecule has 4 amide bonds. The molecule has 0 spiro atoms. The molecule has 0 radical (unpaired) electrons. The first kappa shape index (κ1) is 28.2. The first-order chi connectivity index (χ1) is 18.1. The summed E-state index contributed by atoms with van der Waals surface area (Å²) in [6.45, 7) is 3.87. The molecule has 2 bridgehead atoms. The molecule has 2 saturated heterocycles. The van der Waals surface area contributed by atoms with Gasteiger partial charge in [0, 0.05) is 36.4 Å². The minimum atomic E-state index is -0.0559. The molecule has 1 saturated carbocycles. The van der Waals surface area contributed by atoms with E-state index in [9.17, 15) is 14.4 Å². The van der Waals surface area contributed by atoms with E-state index < -0.39 is 0 Å². The molecular weight excluding hydrogens is 496 g/mol. The lowest BCUT2D eigenvalue weighted by Gasteiger charge is -2.17. The Morgan fingerprint density at radius 3 is 2.35 bits per heavy atom. The Morgan fingerprint density at radius 1 is 0.919 bits per heavy atom. The second kappa shape index (κ2) is 14.9. The van der Waals surface area contributed by atoms with Crippen LogP contribution in [-0.2, 0) is 23.8 Å². The molecule has 2 aliphatic carbocycles. The number of thioether (sulfide) groups is 1. The van der Waals surface area contributed by atoms with Crippen LogP contribution in [0.3, 0.4) is 0 Å². The van der Waals surface area contributed by atoms with Gasteiger partial charge in [-0.3, -0.25) is 9.59 Å². The molecular formula is C26H42N4O6S. The van der Waals surface area contributed by atoms with Crippen LogP contribution in [0.15, 0.2) is 12.2 Å². The lowest BCUT2D eigenvalue weighted by Crippen LogP contribution is -2.36. The molecule has 6 atom stereocenters. The molecule has 10 nitrogen and oxygen atoms in total. The molecule has 208 valence electrons. The van der Waals surface area contributed by atoms with Gasteiger partial charge < -0.3 is 35.5 Å². The molecule has 3 fully saturated rings. The summed E-state index contributed by atoms with van der Waals surface area (Å²) in [5, 5.41) is 12.3. The number of unbranched alkanes of at least 4 members (excludes halogenated alkanes) is 1. The molecule has 3 unspecified atom stereocenters. The number of carbonyl (C=O) groups excluding carboxylic acids is 3. The van der Waals surface area contributed by atoms with E-state index in [0.29, 0.717) is 76.2 Å². The number of urea groups is 1.